The van der Waals surface area contributed by atoms with E-state index in [9.17, 15) is 10.1 Å². The Morgan fingerprint density at radius 1 is 1.42 bits per heavy atom. The molecule has 0 aliphatic rings. The largest absolute Gasteiger partial charge is 0.269 e. The predicted octanol–water partition coefficient (Wildman–Crippen LogP) is 1.95. The lowest BCUT2D eigenvalue weighted by Crippen LogP contribution is -1.89. The van der Waals surface area contributed by atoms with Crippen LogP contribution in [0.1, 0.15) is 0 Å². The predicted molar refractivity (Wildman–Crippen MR) is 41.9 cm³/mol. The average molecular weight is 166 g/mol. The Bertz CT molecular complexity index is 295. The third kappa shape index (κ3) is 1.75. The second-order valence-corrected chi connectivity index (χ2v) is 2.03. The highest BCUT2D eigenvalue weighted by atomic mass is 16.6. The van der Waals surface area contributed by atoms with Crippen molar-refractivity contribution in [3.8, 4) is 0 Å². The third-order valence-corrected chi connectivity index (χ3v) is 1.26. The van der Waals surface area contributed by atoms with Gasteiger partial charge in [-0.05, 0) is 12.1 Å². The molecule has 6 heteroatoms. The first-order chi connectivity index (χ1) is 5.74. The number of rotatable bonds is 3. The normalized spacial score (nSPS) is 9.00. The van der Waals surface area contributed by atoms with Crippen molar-refractivity contribution in [3.05, 3.63) is 34.4 Å². The van der Waals surface area contributed by atoms with Gasteiger partial charge in [-0.15, -0.1) is 0 Å². The van der Waals surface area contributed by atoms with Crippen LogP contribution in [0.5, 0.6) is 0 Å². The van der Waals surface area contributed by atoms with Gasteiger partial charge in [0.2, 0.25) is 0 Å². The van der Waals surface area contributed by atoms with Crippen molar-refractivity contribution in [2.75, 3.05) is 5.43 Å². The fourth-order valence-corrected chi connectivity index (χ4v) is 0.722. The Hall–Kier alpha value is -1.98. The summed E-state index contributed by atoms with van der Waals surface area (Å²) in [6.45, 7) is 0. The molecule has 0 heterocycles. The molecule has 0 aromatic heterocycles. The van der Waals surface area contributed by atoms with Crippen LogP contribution in [-0.2, 0) is 0 Å². The summed E-state index contributed by atoms with van der Waals surface area (Å²) in [6.07, 6.45) is 0. The number of benzene rings is 1. The van der Waals surface area contributed by atoms with E-state index in [-0.39, 0.29) is 5.69 Å². The quantitative estimate of drug-likeness (QED) is 0.408. The molecule has 0 saturated carbocycles. The van der Waals surface area contributed by atoms with Crippen molar-refractivity contribution < 1.29 is 4.92 Å². The number of nitro groups is 1. The van der Waals surface area contributed by atoms with E-state index in [0.29, 0.717) is 5.69 Å². The van der Waals surface area contributed by atoms with Crippen molar-refractivity contribution in [1.29, 1.82) is 5.53 Å². The van der Waals surface area contributed by atoms with Gasteiger partial charge in [0.25, 0.3) is 5.69 Å². The summed E-state index contributed by atoms with van der Waals surface area (Å²) in [4.78, 5) is 9.71. The molecular formula is C6H6N4O2. The summed E-state index contributed by atoms with van der Waals surface area (Å²) < 4.78 is 0. The zero-order valence-corrected chi connectivity index (χ0v) is 6.02. The maximum Gasteiger partial charge on any atom is 0.269 e. The van der Waals surface area contributed by atoms with Crippen molar-refractivity contribution >= 4 is 11.4 Å². The van der Waals surface area contributed by atoms with Crippen LogP contribution in [0.2, 0.25) is 0 Å². The zero-order valence-electron chi connectivity index (χ0n) is 6.02. The molecule has 1 aromatic rings. The Morgan fingerprint density at radius 3 is 2.42 bits per heavy atom. The molecule has 6 nitrogen and oxygen atoms in total. The minimum atomic E-state index is -0.485. The summed E-state index contributed by atoms with van der Waals surface area (Å²) in [5, 5.41) is 13.1. The highest BCUT2D eigenvalue weighted by Crippen LogP contribution is 2.14. The lowest BCUT2D eigenvalue weighted by Gasteiger charge is -1.95. The topological polar surface area (TPSA) is 91.4 Å². The maximum atomic E-state index is 10.2. The van der Waals surface area contributed by atoms with Crippen LogP contribution in [-0.4, -0.2) is 4.92 Å². The van der Waals surface area contributed by atoms with Gasteiger partial charge in [-0.2, -0.15) is 5.53 Å². The summed E-state index contributed by atoms with van der Waals surface area (Å²) in [5.41, 5.74) is 9.37. The van der Waals surface area contributed by atoms with Crippen LogP contribution in [0, 0.1) is 15.6 Å². The molecule has 0 bridgehead atoms. The Morgan fingerprint density at radius 2 is 2.00 bits per heavy atom. The van der Waals surface area contributed by atoms with Gasteiger partial charge >= 0.3 is 0 Å². The minimum absolute atomic E-state index is 0.0190. The Kier molecular flexibility index (Phi) is 2.32. The van der Waals surface area contributed by atoms with Crippen molar-refractivity contribution in [3.63, 3.8) is 0 Å². The van der Waals surface area contributed by atoms with Crippen molar-refractivity contribution in [2.24, 2.45) is 5.22 Å². The highest BCUT2D eigenvalue weighted by molar-refractivity contribution is 5.47. The van der Waals surface area contributed by atoms with Gasteiger partial charge in [0.05, 0.1) is 10.6 Å². The second kappa shape index (κ2) is 3.42. The van der Waals surface area contributed by atoms with Crippen LogP contribution in [0.3, 0.4) is 0 Å². The van der Waals surface area contributed by atoms with E-state index >= 15 is 0 Å². The maximum absolute atomic E-state index is 10.2. The van der Waals surface area contributed by atoms with E-state index < -0.39 is 4.92 Å². The van der Waals surface area contributed by atoms with E-state index in [1.807, 2.05) is 0 Å². The number of nitrogens with zero attached hydrogens (tertiary/aromatic N) is 2. The summed E-state index contributed by atoms with van der Waals surface area (Å²) in [6, 6.07) is 5.65. The minimum Gasteiger partial charge on any atom is -0.260 e. The van der Waals surface area contributed by atoms with Crippen LogP contribution < -0.4 is 5.43 Å². The van der Waals surface area contributed by atoms with Gasteiger partial charge in [-0.3, -0.25) is 15.5 Å². The molecule has 1 rings (SSSR count). The van der Waals surface area contributed by atoms with Crippen LogP contribution in [0.25, 0.3) is 0 Å². The molecule has 1 aromatic carbocycles. The first kappa shape index (κ1) is 8.12. The standard InChI is InChI=1S/C6H6N4O2/c7-9-8-5-1-3-6(4-2-5)10(11)12/h1-4H,(H2,7,8). The molecule has 0 unspecified atom stereocenters. The SMILES string of the molecule is N=NNc1ccc([N+](=O)[O-])cc1. The molecule has 0 spiro atoms. The van der Waals surface area contributed by atoms with E-state index in [2.05, 4.69) is 10.6 Å². The number of nitrogens with one attached hydrogen (secondary N) is 2. The van der Waals surface area contributed by atoms with Crippen molar-refractivity contribution in [2.45, 2.75) is 0 Å². The summed E-state index contributed by atoms with van der Waals surface area (Å²) in [5.74, 6) is 0. The van der Waals surface area contributed by atoms with E-state index in [4.69, 9.17) is 5.53 Å². The number of hydrogen-bond donors (Lipinski definition) is 2. The first-order valence-corrected chi connectivity index (χ1v) is 3.11. The third-order valence-electron chi connectivity index (χ3n) is 1.26. The number of anilines is 1. The lowest BCUT2D eigenvalue weighted by molar-refractivity contribution is -0.384. The molecule has 0 amide bonds. The van der Waals surface area contributed by atoms with Gasteiger partial charge in [0.15, 0.2) is 0 Å². The second-order valence-electron chi connectivity index (χ2n) is 2.03. The monoisotopic (exact) mass is 166 g/mol. The first-order valence-electron chi connectivity index (χ1n) is 3.11. The van der Waals surface area contributed by atoms with E-state index in [1.54, 1.807) is 0 Å². The molecule has 12 heavy (non-hydrogen) atoms. The number of nitro benzene ring substituents is 1. The molecular weight excluding hydrogens is 160 g/mol. The lowest BCUT2D eigenvalue weighted by atomic mass is 10.3. The molecule has 0 fully saturated rings. The fourth-order valence-electron chi connectivity index (χ4n) is 0.722. The fraction of sp³-hybridized carbons (Fsp3) is 0. The van der Waals surface area contributed by atoms with Gasteiger partial charge in [0, 0.05) is 12.1 Å². The molecule has 0 atom stereocenters. The Labute approximate surface area is 67.8 Å². The van der Waals surface area contributed by atoms with Crippen LogP contribution >= 0.6 is 0 Å². The number of non-ortho nitro benzene ring substituents is 1. The van der Waals surface area contributed by atoms with E-state index in [0.717, 1.165) is 0 Å². The Balaban J connectivity index is 2.85. The smallest absolute Gasteiger partial charge is 0.260 e. The highest BCUT2D eigenvalue weighted by Gasteiger charge is 2.02. The van der Waals surface area contributed by atoms with Crippen LogP contribution in [0.15, 0.2) is 29.5 Å². The van der Waals surface area contributed by atoms with Crippen molar-refractivity contribution in [1.82, 2.24) is 0 Å². The molecule has 0 aliphatic carbocycles. The molecule has 62 valence electrons. The van der Waals surface area contributed by atoms with E-state index in [1.165, 1.54) is 24.3 Å². The summed E-state index contributed by atoms with van der Waals surface area (Å²) in [7, 11) is 0. The van der Waals surface area contributed by atoms with Gasteiger partial charge in [0.1, 0.15) is 0 Å². The molecule has 2 N–H and O–H groups in total. The molecule has 0 saturated heterocycles. The van der Waals surface area contributed by atoms with Crippen LogP contribution in [0.4, 0.5) is 11.4 Å². The zero-order chi connectivity index (χ0) is 8.97. The number of hydrogen-bond acceptors (Lipinski definition) is 4. The molecule has 0 aliphatic heterocycles. The van der Waals surface area contributed by atoms with Gasteiger partial charge in [-0.25, -0.2) is 0 Å². The average Bonchev–Trinajstić information content (AvgIpc) is 2.06. The molecule has 0 radical (unpaired) electrons. The van der Waals surface area contributed by atoms with Gasteiger partial charge in [-0.1, -0.05) is 5.22 Å². The van der Waals surface area contributed by atoms with Gasteiger partial charge < -0.3 is 0 Å². The summed E-state index contributed by atoms with van der Waals surface area (Å²) >= 11 is 0.